The van der Waals surface area contributed by atoms with E-state index in [0.29, 0.717) is 0 Å². The van der Waals surface area contributed by atoms with Crippen LogP contribution >= 0.6 is 0 Å². The van der Waals surface area contributed by atoms with Crippen molar-refractivity contribution in [3.05, 3.63) is 35.9 Å². The molecule has 17 heteroatoms. The molecule has 13 unspecified atom stereocenters. The van der Waals surface area contributed by atoms with Crippen molar-refractivity contribution in [2.75, 3.05) is 0 Å². The molecule has 2 bridgehead atoms. The fraction of sp³-hybridized carbons (Fsp3) is 0.667. The summed E-state index contributed by atoms with van der Waals surface area (Å²) in [5.41, 5.74) is -8.68. The molecule has 2 N–H and O–H groups in total. The van der Waals surface area contributed by atoms with Crippen LogP contribution in [0.4, 0.5) is 0 Å². The third-order valence-electron chi connectivity index (χ3n) is 11.3. The van der Waals surface area contributed by atoms with Gasteiger partial charge < -0.3 is 48.1 Å². The monoisotopic (exact) mass is 790 g/mol. The topological polar surface area (TPSA) is 237 Å². The quantitative estimate of drug-likeness (QED) is 0.228. The summed E-state index contributed by atoms with van der Waals surface area (Å²) in [7, 11) is 0. The van der Waals surface area contributed by atoms with Gasteiger partial charge in [-0.05, 0) is 25.5 Å². The third-order valence-corrected chi connectivity index (χ3v) is 11.3. The maximum absolute atomic E-state index is 14.2. The molecule has 2 aliphatic carbocycles. The van der Waals surface area contributed by atoms with Crippen LogP contribution in [-0.4, -0.2) is 118 Å². The predicted octanol–water partition coefficient (Wildman–Crippen LogP) is 1.89. The minimum absolute atomic E-state index is 0.0329. The number of hydrogen-bond acceptors (Lipinski definition) is 17. The summed E-state index contributed by atoms with van der Waals surface area (Å²) in [6.07, 6.45) is -14.8. The Morgan fingerprint density at radius 1 is 0.696 bits per heavy atom. The van der Waals surface area contributed by atoms with Crippen molar-refractivity contribution in [2.45, 2.75) is 147 Å². The van der Waals surface area contributed by atoms with E-state index in [1.807, 2.05) is 0 Å². The molecule has 2 aliphatic heterocycles. The normalized spacial score (nSPS) is 38.6. The van der Waals surface area contributed by atoms with Crippen LogP contribution in [0.2, 0.25) is 0 Å². The lowest BCUT2D eigenvalue weighted by atomic mass is 9.65. The largest absolute Gasteiger partial charge is 0.459 e. The first-order chi connectivity index (χ1) is 26.0. The molecule has 2 saturated carbocycles. The molecule has 5 rings (SSSR count). The predicted molar refractivity (Wildman–Crippen MR) is 187 cm³/mol. The van der Waals surface area contributed by atoms with Crippen molar-refractivity contribution >= 4 is 41.8 Å². The van der Waals surface area contributed by atoms with Gasteiger partial charge in [-0.15, -0.1) is 0 Å². The van der Waals surface area contributed by atoms with Crippen molar-refractivity contribution in [1.82, 2.24) is 0 Å². The number of epoxide rings is 1. The van der Waals surface area contributed by atoms with Crippen molar-refractivity contribution in [1.29, 1.82) is 0 Å². The number of ether oxygens (including phenoxy) is 8. The Bertz CT molecular complexity index is 1740. The van der Waals surface area contributed by atoms with Crippen molar-refractivity contribution in [3.63, 3.8) is 0 Å². The first-order valence-electron chi connectivity index (χ1n) is 18.4. The Morgan fingerprint density at radius 3 is 1.80 bits per heavy atom. The number of aliphatic hydroxyl groups is 2. The van der Waals surface area contributed by atoms with Gasteiger partial charge in [0.15, 0.2) is 24.4 Å². The summed E-state index contributed by atoms with van der Waals surface area (Å²) >= 11 is 0. The van der Waals surface area contributed by atoms with E-state index in [0.717, 1.165) is 34.6 Å². The molecule has 0 spiro atoms. The van der Waals surface area contributed by atoms with E-state index in [2.05, 4.69) is 0 Å². The van der Waals surface area contributed by atoms with Gasteiger partial charge in [-0.3, -0.25) is 28.8 Å². The van der Waals surface area contributed by atoms with Gasteiger partial charge in [0.05, 0.1) is 23.7 Å². The first kappa shape index (κ1) is 42.5. The first-order valence-corrected chi connectivity index (χ1v) is 18.4. The van der Waals surface area contributed by atoms with Crippen LogP contribution in [0, 0.1) is 17.3 Å². The minimum atomic E-state index is -2.84. The Labute approximate surface area is 323 Å². The number of fused-ring (bicyclic) bond motifs is 2. The van der Waals surface area contributed by atoms with E-state index < -0.39 is 144 Å². The Hall–Kier alpha value is -4.61. The lowest BCUT2D eigenvalue weighted by molar-refractivity contribution is -0.264. The zero-order chi connectivity index (χ0) is 41.7. The summed E-state index contributed by atoms with van der Waals surface area (Å²) in [5, 5.41) is 26.8. The summed E-state index contributed by atoms with van der Waals surface area (Å²) in [6, 6.07) is 7.52. The van der Waals surface area contributed by atoms with Crippen LogP contribution in [0.5, 0.6) is 0 Å². The Morgan fingerprint density at radius 2 is 1.25 bits per heavy atom. The highest BCUT2D eigenvalue weighted by atomic mass is 16.6. The number of carbonyl (C=O) groups excluding carboxylic acids is 7. The molecule has 2 saturated heterocycles. The standard InChI is InChI=1S/C39H50O17/c1-18-27-32(54-27)36(7,8)33(51-21(4)42)28(49-19(2)40)34(52-22(5)43)38(47)16-15-25(45)53-30-26(31(38)55-35(46)24-13-11-10-12-14-24)39(48,29(18)50-20(3)41)17-37(30,9)56-23(6)44/h10-14,18,26-34,47-48H,15-17H2,1-9H3. The Balaban J connectivity index is 1.93. The molecule has 2 heterocycles. The van der Waals surface area contributed by atoms with Gasteiger partial charge in [0, 0.05) is 58.8 Å². The minimum Gasteiger partial charge on any atom is -0.459 e. The molecule has 0 amide bonds. The summed E-state index contributed by atoms with van der Waals surface area (Å²) in [6.45, 7) is 11.5. The number of hydrogen-bond donors (Lipinski definition) is 2. The van der Waals surface area contributed by atoms with Crippen LogP contribution in [0.25, 0.3) is 0 Å². The zero-order valence-corrected chi connectivity index (χ0v) is 32.8. The molecular weight excluding hydrogens is 740 g/mol. The second kappa shape index (κ2) is 15.4. The molecule has 17 nitrogen and oxygen atoms in total. The van der Waals surface area contributed by atoms with Gasteiger partial charge in [0.2, 0.25) is 0 Å². The zero-order valence-electron chi connectivity index (χ0n) is 32.8. The molecule has 4 fully saturated rings. The number of benzene rings is 1. The van der Waals surface area contributed by atoms with Crippen LogP contribution in [-0.2, 0) is 66.7 Å². The van der Waals surface area contributed by atoms with E-state index >= 15 is 0 Å². The van der Waals surface area contributed by atoms with Gasteiger partial charge in [0.25, 0.3) is 0 Å². The van der Waals surface area contributed by atoms with Crippen molar-refractivity contribution in [2.24, 2.45) is 17.3 Å². The highest BCUT2D eigenvalue weighted by Gasteiger charge is 2.76. The number of carbonyl (C=O) groups is 7. The lowest BCUT2D eigenvalue weighted by Crippen LogP contribution is -2.71. The second-order valence-electron chi connectivity index (χ2n) is 16.1. The van der Waals surface area contributed by atoms with Gasteiger partial charge in [-0.25, -0.2) is 4.79 Å². The highest BCUT2D eigenvalue weighted by molar-refractivity contribution is 5.89. The summed E-state index contributed by atoms with van der Waals surface area (Å²) in [4.78, 5) is 92.6. The molecule has 4 aliphatic rings. The molecule has 308 valence electrons. The molecule has 13 atom stereocenters. The third kappa shape index (κ3) is 7.98. The van der Waals surface area contributed by atoms with E-state index in [1.165, 1.54) is 31.2 Å². The highest BCUT2D eigenvalue weighted by Crippen LogP contribution is 2.58. The maximum Gasteiger partial charge on any atom is 0.338 e. The molecule has 1 aromatic carbocycles. The number of esters is 7. The van der Waals surface area contributed by atoms with Gasteiger partial charge in [0.1, 0.15) is 29.0 Å². The molecule has 0 radical (unpaired) electrons. The smallest absolute Gasteiger partial charge is 0.338 e. The van der Waals surface area contributed by atoms with E-state index in [4.69, 9.17) is 37.9 Å². The van der Waals surface area contributed by atoms with Crippen LogP contribution in [0.15, 0.2) is 30.3 Å². The molecule has 0 aromatic heterocycles. The average molecular weight is 791 g/mol. The van der Waals surface area contributed by atoms with Gasteiger partial charge >= 0.3 is 41.8 Å². The molecule has 1 aromatic rings. The Kier molecular flexibility index (Phi) is 11.7. The number of rotatable bonds is 7. The summed E-state index contributed by atoms with van der Waals surface area (Å²) < 4.78 is 47.7. The maximum atomic E-state index is 14.2. The SMILES string of the molecule is CC(=O)OC1C(OC(C)=O)C(C)(C)C2OC2C(C)C(OC(C)=O)C2(O)CC(C)(OC(C)=O)C3OC(=O)CCC(O)(C1OC(C)=O)C(OC(=O)c1ccccc1)C32. The van der Waals surface area contributed by atoms with Gasteiger partial charge in [-0.2, -0.15) is 0 Å². The molecule has 56 heavy (non-hydrogen) atoms. The van der Waals surface area contributed by atoms with E-state index in [9.17, 15) is 43.8 Å². The van der Waals surface area contributed by atoms with Crippen molar-refractivity contribution < 1.29 is 81.7 Å². The second-order valence-corrected chi connectivity index (χ2v) is 16.1. The van der Waals surface area contributed by atoms with Gasteiger partial charge in [-0.1, -0.05) is 39.0 Å². The molecular formula is C39H50O17. The fourth-order valence-corrected chi connectivity index (χ4v) is 9.17. The lowest BCUT2D eigenvalue weighted by Gasteiger charge is -2.52. The van der Waals surface area contributed by atoms with Crippen molar-refractivity contribution in [3.8, 4) is 0 Å². The van der Waals surface area contributed by atoms with Crippen LogP contribution in [0.1, 0.15) is 91.9 Å². The fourth-order valence-electron chi connectivity index (χ4n) is 9.17. The average Bonchev–Trinajstić information content (AvgIpc) is 3.86. The van der Waals surface area contributed by atoms with E-state index in [-0.39, 0.29) is 5.56 Å². The van der Waals surface area contributed by atoms with Crippen LogP contribution in [0.3, 0.4) is 0 Å². The summed E-state index contributed by atoms with van der Waals surface area (Å²) in [5.74, 6) is -9.45. The van der Waals surface area contributed by atoms with E-state index in [1.54, 1.807) is 26.8 Å². The van der Waals surface area contributed by atoms with Crippen LogP contribution < -0.4 is 0 Å².